The zero-order valence-corrected chi connectivity index (χ0v) is 13.8. The van der Waals surface area contributed by atoms with Crippen molar-refractivity contribution in [1.29, 1.82) is 0 Å². The summed E-state index contributed by atoms with van der Waals surface area (Å²) >= 11 is 1.60. The lowest BCUT2D eigenvalue weighted by molar-refractivity contribution is -0.125. The van der Waals surface area contributed by atoms with Crippen molar-refractivity contribution in [3.63, 3.8) is 0 Å². The maximum absolute atomic E-state index is 12.2. The topological polar surface area (TPSA) is 47.6 Å². The Kier molecular flexibility index (Phi) is 5.80. The molecule has 1 aromatic carbocycles. The molecular formula is C18H21NO3S. The van der Waals surface area contributed by atoms with Crippen LogP contribution in [-0.2, 0) is 27.3 Å². The Hall–Kier alpha value is -1.69. The predicted octanol–water partition coefficient (Wildman–Crippen LogP) is 2.78. The highest BCUT2D eigenvalue weighted by molar-refractivity contribution is 7.10. The van der Waals surface area contributed by atoms with E-state index in [0.29, 0.717) is 26.2 Å². The van der Waals surface area contributed by atoms with Crippen LogP contribution in [0.5, 0.6) is 0 Å². The molecule has 2 heterocycles. The van der Waals surface area contributed by atoms with Crippen LogP contribution in [0.15, 0.2) is 47.8 Å². The summed E-state index contributed by atoms with van der Waals surface area (Å²) in [4.78, 5) is 13.3. The summed E-state index contributed by atoms with van der Waals surface area (Å²) in [6, 6.07) is 13.9. The number of amides is 1. The van der Waals surface area contributed by atoms with Gasteiger partial charge in [-0.15, -0.1) is 11.3 Å². The van der Waals surface area contributed by atoms with Gasteiger partial charge in [0.25, 0.3) is 0 Å². The summed E-state index contributed by atoms with van der Waals surface area (Å²) < 4.78 is 11.5. The summed E-state index contributed by atoms with van der Waals surface area (Å²) in [6.07, 6.45) is 1.22. The molecule has 1 saturated heterocycles. The van der Waals surface area contributed by atoms with E-state index in [1.165, 1.54) is 0 Å². The van der Waals surface area contributed by atoms with Crippen LogP contribution in [-0.4, -0.2) is 31.3 Å². The zero-order valence-electron chi connectivity index (χ0n) is 12.9. The van der Waals surface area contributed by atoms with Gasteiger partial charge < -0.3 is 14.8 Å². The van der Waals surface area contributed by atoms with Gasteiger partial charge >= 0.3 is 0 Å². The fourth-order valence-corrected chi connectivity index (χ4v) is 3.36. The van der Waals surface area contributed by atoms with Crippen LogP contribution in [0.25, 0.3) is 0 Å². The first kappa shape index (κ1) is 16.2. The quantitative estimate of drug-likeness (QED) is 0.885. The van der Waals surface area contributed by atoms with Crippen LogP contribution in [0.3, 0.4) is 0 Å². The lowest BCUT2D eigenvalue weighted by atomic mass is 10.1. The minimum Gasteiger partial charge on any atom is -0.379 e. The van der Waals surface area contributed by atoms with Gasteiger partial charge in [-0.05, 0) is 23.4 Å². The van der Waals surface area contributed by atoms with E-state index >= 15 is 0 Å². The largest absolute Gasteiger partial charge is 0.379 e. The molecule has 1 amide bonds. The number of rotatable bonds is 6. The minimum absolute atomic E-state index is 0.00348. The highest BCUT2D eigenvalue weighted by Gasteiger charge is 2.28. The number of nitrogens with one attached hydrogen (secondary N) is 1. The number of carbonyl (C=O) groups is 1. The predicted molar refractivity (Wildman–Crippen MR) is 90.4 cm³/mol. The molecule has 0 unspecified atom stereocenters. The average Bonchev–Trinajstić information content (AvgIpc) is 3.08. The van der Waals surface area contributed by atoms with Gasteiger partial charge in [0.15, 0.2) is 0 Å². The lowest BCUT2D eigenvalue weighted by Gasteiger charge is -2.32. The monoisotopic (exact) mass is 331 g/mol. The van der Waals surface area contributed by atoms with E-state index in [1.54, 1.807) is 11.3 Å². The van der Waals surface area contributed by atoms with Crippen molar-refractivity contribution in [2.45, 2.75) is 31.6 Å². The summed E-state index contributed by atoms with van der Waals surface area (Å²) in [7, 11) is 0. The molecule has 1 N–H and O–H groups in total. The zero-order chi connectivity index (χ0) is 15.9. The number of thiophene rings is 1. The highest BCUT2D eigenvalue weighted by Crippen LogP contribution is 2.15. The second kappa shape index (κ2) is 8.24. The Morgan fingerprint density at radius 2 is 2.13 bits per heavy atom. The summed E-state index contributed by atoms with van der Waals surface area (Å²) in [5.41, 5.74) is 1.14. The third-order valence-electron chi connectivity index (χ3n) is 3.86. The molecule has 23 heavy (non-hydrogen) atoms. The fraction of sp³-hybridized carbons (Fsp3) is 0.389. The standard InChI is InChI=1S/C18H21NO3S/c20-18(11-15-7-4-10-23-15)19-16-13-21-9-8-17(16)22-12-14-5-2-1-3-6-14/h1-7,10,16-17H,8-9,11-13H2,(H,19,20)/t16-,17+/m1/s1. The van der Waals surface area contributed by atoms with Crippen molar-refractivity contribution in [3.8, 4) is 0 Å². The Bertz CT molecular complexity index is 600. The van der Waals surface area contributed by atoms with Crippen LogP contribution in [0.2, 0.25) is 0 Å². The summed E-state index contributed by atoms with van der Waals surface area (Å²) in [5.74, 6) is 0.0243. The van der Waals surface area contributed by atoms with E-state index in [4.69, 9.17) is 9.47 Å². The molecule has 2 aromatic rings. The van der Waals surface area contributed by atoms with Gasteiger partial charge in [-0.25, -0.2) is 0 Å². The Morgan fingerprint density at radius 3 is 2.91 bits per heavy atom. The molecular weight excluding hydrogens is 310 g/mol. The maximum atomic E-state index is 12.2. The van der Waals surface area contributed by atoms with Gasteiger partial charge in [-0.3, -0.25) is 4.79 Å². The second-order valence-electron chi connectivity index (χ2n) is 5.63. The van der Waals surface area contributed by atoms with Crippen LogP contribution in [0, 0.1) is 0 Å². The van der Waals surface area contributed by atoms with Gasteiger partial charge in [0.1, 0.15) is 0 Å². The molecule has 0 saturated carbocycles. The number of hydrogen-bond acceptors (Lipinski definition) is 4. The van der Waals surface area contributed by atoms with Crippen LogP contribution >= 0.6 is 11.3 Å². The van der Waals surface area contributed by atoms with Crippen molar-refractivity contribution >= 4 is 17.2 Å². The average molecular weight is 331 g/mol. The molecule has 1 fully saturated rings. The van der Waals surface area contributed by atoms with Crippen molar-refractivity contribution in [3.05, 3.63) is 58.3 Å². The van der Waals surface area contributed by atoms with Gasteiger partial charge in [-0.1, -0.05) is 36.4 Å². The molecule has 3 rings (SSSR count). The molecule has 1 aliphatic heterocycles. The fourth-order valence-electron chi connectivity index (χ4n) is 2.66. The maximum Gasteiger partial charge on any atom is 0.225 e. The number of benzene rings is 1. The molecule has 5 heteroatoms. The number of hydrogen-bond donors (Lipinski definition) is 1. The molecule has 0 spiro atoms. The van der Waals surface area contributed by atoms with Crippen LogP contribution in [0.1, 0.15) is 16.9 Å². The summed E-state index contributed by atoms with van der Waals surface area (Å²) in [5, 5.41) is 5.05. The Labute approximate surface area is 140 Å². The van der Waals surface area contributed by atoms with E-state index < -0.39 is 0 Å². The van der Waals surface area contributed by atoms with Gasteiger partial charge in [-0.2, -0.15) is 0 Å². The Morgan fingerprint density at radius 1 is 1.26 bits per heavy atom. The van der Waals surface area contributed by atoms with E-state index in [0.717, 1.165) is 16.9 Å². The molecule has 122 valence electrons. The molecule has 0 bridgehead atoms. The highest BCUT2D eigenvalue weighted by atomic mass is 32.1. The first-order valence-electron chi connectivity index (χ1n) is 7.86. The van der Waals surface area contributed by atoms with Gasteiger partial charge in [0, 0.05) is 11.5 Å². The smallest absolute Gasteiger partial charge is 0.225 e. The first-order chi connectivity index (χ1) is 11.3. The third kappa shape index (κ3) is 4.89. The van der Waals surface area contributed by atoms with E-state index in [-0.39, 0.29) is 18.1 Å². The molecule has 0 aliphatic carbocycles. The molecule has 4 nitrogen and oxygen atoms in total. The third-order valence-corrected chi connectivity index (χ3v) is 4.74. The van der Waals surface area contributed by atoms with E-state index in [9.17, 15) is 4.79 Å². The summed E-state index contributed by atoms with van der Waals surface area (Å²) in [6.45, 7) is 1.75. The molecule has 0 radical (unpaired) electrons. The molecule has 2 atom stereocenters. The van der Waals surface area contributed by atoms with Crippen LogP contribution in [0.4, 0.5) is 0 Å². The van der Waals surface area contributed by atoms with Crippen molar-refractivity contribution in [2.75, 3.05) is 13.2 Å². The lowest BCUT2D eigenvalue weighted by Crippen LogP contribution is -2.50. The van der Waals surface area contributed by atoms with Crippen molar-refractivity contribution in [1.82, 2.24) is 5.32 Å². The van der Waals surface area contributed by atoms with Crippen LogP contribution < -0.4 is 5.32 Å². The minimum atomic E-state index is -0.0834. The molecule has 1 aliphatic rings. The number of carbonyl (C=O) groups excluding carboxylic acids is 1. The second-order valence-corrected chi connectivity index (χ2v) is 6.66. The first-order valence-corrected chi connectivity index (χ1v) is 8.74. The normalized spacial score (nSPS) is 21.0. The SMILES string of the molecule is O=C(Cc1cccs1)N[C@@H]1COCC[C@@H]1OCc1ccccc1. The Balaban J connectivity index is 1.52. The van der Waals surface area contributed by atoms with E-state index in [1.807, 2.05) is 47.8 Å². The van der Waals surface area contributed by atoms with Gasteiger partial charge in [0.05, 0.1) is 31.8 Å². The molecule has 1 aromatic heterocycles. The van der Waals surface area contributed by atoms with Crippen molar-refractivity contribution < 1.29 is 14.3 Å². The van der Waals surface area contributed by atoms with E-state index in [2.05, 4.69) is 5.32 Å². The van der Waals surface area contributed by atoms with Gasteiger partial charge in [0.2, 0.25) is 5.91 Å². The number of ether oxygens (including phenoxy) is 2. The van der Waals surface area contributed by atoms with Crippen molar-refractivity contribution in [2.24, 2.45) is 0 Å².